The second-order valence-corrected chi connectivity index (χ2v) is 8.96. The number of nitrogens with two attached hydrogens (primary N) is 1. The summed E-state index contributed by atoms with van der Waals surface area (Å²) in [4.78, 5) is 12.7. The van der Waals surface area contributed by atoms with Gasteiger partial charge in [0.05, 0.1) is 24.3 Å². The Balaban J connectivity index is 1.41. The molecular weight excluding hydrogens is 469 g/mol. The standard InChI is InChI=1S/C24H28F5N5O/c25-18-10-19(16-5-7-17(8-6-16)24(27,28)29)34(12-18)23-21(26)22(32-13-33-23)31-11-15-3-1-14(2-4-15)9-20(30)35/h1-8,18-19,21-23,31-33H,9-13H2,(H2,30,35)/t18-,19+,21?,22?,23?/m0/s1. The molecule has 0 spiro atoms. The number of carbonyl (C=O) groups excluding carboxylic acids is 1. The molecular formula is C24H28F5N5O. The zero-order valence-corrected chi connectivity index (χ0v) is 18.9. The Labute approximate surface area is 200 Å². The summed E-state index contributed by atoms with van der Waals surface area (Å²) in [7, 11) is 0. The average Bonchev–Trinajstić information content (AvgIpc) is 3.20. The van der Waals surface area contributed by atoms with Crippen molar-refractivity contribution < 1.29 is 26.7 Å². The summed E-state index contributed by atoms with van der Waals surface area (Å²) in [6, 6.07) is 11.3. The van der Waals surface area contributed by atoms with Crippen LogP contribution in [0.15, 0.2) is 48.5 Å². The van der Waals surface area contributed by atoms with Crippen LogP contribution < -0.4 is 21.7 Å². The fourth-order valence-corrected chi connectivity index (χ4v) is 4.71. The second kappa shape index (κ2) is 10.6. The average molecular weight is 498 g/mol. The molecule has 2 saturated heterocycles. The molecule has 4 rings (SSSR count). The minimum absolute atomic E-state index is 0.0161. The number of halogens is 5. The van der Waals surface area contributed by atoms with Gasteiger partial charge in [-0.25, -0.2) is 8.78 Å². The van der Waals surface area contributed by atoms with Gasteiger partial charge >= 0.3 is 6.18 Å². The molecule has 2 aliphatic rings. The topological polar surface area (TPSA) is 82.4 Å². The van der Waals surface area contributed by atoms with Gasteiger partial charge in [0.1, 0.15) is 6.17 Å². The predicted molar refractivity (Wildman–Crippen MR) is 120 cm³/mol. The lowest BCUT2D eigenvalue weighted by Gasteiger charge is -2.42. The molecule has 0 aliphatic carbocycles. The zero-order chi connectivity index (χ0) is 25.2. The largest absolute Gasteiger partial charge is 0.416 e. The fraction of sp³-hybridized carbons (Fsp3) is 0.458. The van der Waals surface area contributed by atoms with Crippen LogP contribution in [0.2, 0.25) is 0 Å². The highest BCUT2D eigenvalue weighted by Gasteiger charge is 2.44. The van der Waals surface area contributed by atoms with E-state index in [9.17, 15) is 22.4 Å². The third-order valence-electron chi connectivity index (χ3n) is 6.45. The van der Waals surface area contributed by atoms with Crippen molar-refractivity contribution in [1.29, 1.82) is 0 Å². The van der Waals surface area contributed by atoms with E-state index in [1.807, 2.05) is 12.1 Å². The molecule has 2 aromatic rings. The highest BCUT2D eigenvalue weighted by Crippen LogP contribution is 2.38. The Kier molecular flexibility index (Phi) is 7.70. The number of nitrogens with one attached hydrogen (secondary N) is 3. The van der Waals surface area contributed by atoms with Crippen molar-refractivity contribution in [2.45, 2.75) is 56.3 Å². The summed E-state index contributed by atoms with van der Waals surface area (Å²) in [5.41, 5.74) is 6.61. The van der Waals surface area contributed by atoms with Crippen LogP contribution in [0.4, 0.5) is 22.0 Å². The van der Waals surface area contributed by atoms with E-state index < -0.39 is 48.4 Å². The van der Waals surface area contributed by atoms with Gasteiger partial charge in [0.2, 0.25) is 5.91 Å². The first kappa shape index (κ1) is 25.5. The molecule has 190 valence electrons. The van der Waals surface area contributed by atoms with Gasteiger partial charge in [0.25, 0.3) is 0 Å². The number of likely N-dealkylation sites (tertiary alicyclic amines) is 1. The normalized spacial score (nSPS) is 27.7. The van der Waals surface area contributed by atoms with Crippen LogP contribution >= 0.6 is 0 Å². The van der Waals surface area contributed by atoms with E-state index in [1.165, 1.54) is 12.1 Å². The van der Waals surface area contributed by atoms with Crippen molar-refractivity contribution in [3.8, 4) is 0 Å². The van der Waals surface area contributed by atoms with Crippen LogP contribution in [0, 0.1) is 0 Å². The number of hydrogen-bond donors (Lipinski definition) is 4. The lowest BCUT2D eigenvalue weighted by molar-refractivity contribution is -0.137. The van der Waals surface area contributed by atoms with Crippen LogP contribution in [0.25, 0.3) is 0 Å². The van der Waals surface area contributed by atoms with Crippen LogP contribution in [0.1, 0.15) is 34.7 Å². The van der Waals surface area contributed by atoms with Crippen LogP contribution in [-0.4, -0.2) is 48.7 Å². The van der Waals surface area contributed by atoms with E-state index in [2.05, 4.69) is 16.0 Å². The Morgan fingerprint density at radius 3 is 2.31 bits per heavy atom. The maximum absolute atomic E-state index is 15.6. The molecule has 6 nitrogen and oxygen atoms in total. The molecule has 2 aromatic carbocycles. The summed E-state index contributed by atoms with van der Waals surface area (Å²) < 4.78 is 68.7. The lowest BCUT2D eigenvalue weighted by atomic mass is 10.0. The Morgan fingerprint density at radius 1 is 1.03 bits per heavy atom. The molecule has 5 N–H and O–H groups in total. The van der Waals surface area contributed by atoms with Crippen LogP contribution in [-0.2, 0) is 23.9 Å². The first-order valence-corrected chi connectivity index (χ1v) is 11.4. The van der Waals surface area contributed by atoms with Gasteiger partial charge in [-0.05, 0) is 35.2 Å². The van der Waals surface area contributed by atoms with Crippen LogP contribution in [0.3, 0.4) is 0 Å². The van der Waals surface area contributed by atoms with Crippen molar-refractivity contribution in [1.82, 2.24) is 20.9 Å². The van der Waals surface area contributed by atoms with E-state index in [-0.39, 0.29) is 26.1 Å². The second-order valence-electron chi connectivity index (χ2n) is 8.96. The smallest absolute Gasteiger partial charge is 0.369 e. The molecule has 35 heavy (non-hydrogen) atoms. The van der Waals surface area contributed by atoms with E-state index in [1.54, 1.807) is 17.0 Å². The summed E-state index contributed by atoms with van der Waals surface area (Å²) in [5.74, 6) is -0.423. The molecule has 5 atom stereocenters. The summed E-state index contributed by atoms with van der Waals surface area (Å²) in [5, 5.41) is 9.17. The molecule has 11 heteroatoms. The first-order chi connectivity index (χ1) is 16.6. The number of hydrogen-bond acceptors (Lipinski definition) is 5. The monoisotopic (exact) mass is 497 g/mol. The number of alkyl halides is 5. The highest BCUT2D eigenvalue weighted by molar-refractivity contribution is 5.76. The third-order valence-corrected chi connectivity index (χ3v) is 6.45. The lowest BCUT2D eigenvalue weighted by Crippen LogP contribution is -2.68. The summed E-state index contributed by atoms with van der Waals surface area (Å²) >= 11 is 0. The van der Waals surface area contributed by atoms with Gasteiger partial charge in [0.15, 0.2) is 6.17 Å². The molecule has 2 heterocycles. The molecule has 3 unspecified atom stereocenters. The van der Waals surface area contributed by atoms with Crippen molar-refractivity contribution in [3.63, 3.8) is 0 Å². The zero-order valence-electron chi connectivity index (χ0n) is 18.9. The van der Waals surface area contributed by atoms with Gasteiger partial charge in [-0.2, -0.15) is 13.2 Å². The predicted octanol–water partition coefficient (Wildman–Crippen LogP) is 2.75. The molecule has 0 radical (unpaired) electrons. The van der Waals surface area contributed by atoms with Gasteiger partial charge in [-0.3, -0.25) is 25.6 Å². The quantitative estimate of drug-likeness (QED) is 0.443. The van der Waals surface area contributed by atoms with E-state index in [0.717, 1.165) is 23.3 Å². The number of rotatable bonds is 7. The van der Waals surface area contributed by atoms with Crippen molar-refractivity contribution in [2.24, 2.45) is 5.73 Å². The van der Waals surface area contributed by atoms with Gasteiger partial charge < -0.3 is 5.73 Å². The Hall–Kier alpha value is -2.60. The van der Waals surface area contributed by atoms with Crippen molar-refractivity contribution >= 4 is 5.91 Å². The third kappa shape index (κ3) is 6.16. The highest BCUT2D eigenvalue weighted by atomic mass is 19.4. The minimum atomic E-state index is -4.46. The van der Waals surface area contributed by atoms with Gasteiger partial charge in [-0.1, -0.05) is 36.4 Å². The fourth-order valence-electron chi connectivity index (χ4n) is 4.71. The summed E-state index contributed by atoms with van der Waals surface area (Å²) in [6.45, 7) is 0.612. The number of nitrogens with zero attached hydrogens (tertiary/aromatic N) is 1. The molecule has 2 aliphatic heterocycles. The number of benzene rings is 2. The maximum Gasteiger partial charge on any atom is 0.416 e. The molecule has 0 aromatic heterocycles. The first-order valence-electron chi connectivity index (χ1n) is 11.4. The summed E-state index contributed by atoms with van der Waals surface area (Å²) in [6.07, 6.45) is -8.45. The van der Waals surface area contributed by atoms with Crippen molar-refractivity contribution in [3.05, 3.63) is 70.8 Å². The van der Waals surface area contributed by atoms with Gasteiger partial charge in [-0.15, -0.1) is 0 Å². The minimum Gasteiger partial charge on any atom is -0.369 e. The molecule has 2 fully saturated rings. The van der Waals surface area contributed by atoms with E-state index >= 15 is 4.39 Å². The van der Waals surface area contributed by atoms with E-state index in [0.29, 0.717) is 12.1 Å². The number of primary amides is 1. The van der Waals surface area contributed by atoms with Crippen molar-refractivity contribution in [2.75, 3.05) is 13.2 Å². The number of carbonyl (C=O) groups is 1. The molecule has 1 amide bonds. The number of amides is 1. The SMILES string of the molecule is NC(=O)Cc1ccc(CNC2NCNC(N3C[C@@H](F)C[C@@H]3c3ccc(C(F)(F)F)cc3)C2F)cc1. The Bertz CT molecular complexity index is 1000. The Morgan fingerprint density at radius 2 is 1.69 bits per heavy atom. The molecule has 0 bridgehead atoms. The van der Waals surface area contributed by atoms with E-state index in [4.69, 9.17) is 5.73 Å². The van der Waals surface area contributed by atoms with Gasteiger partial charge in [0, 0.05) is 25.8 Å². The maximum atomic E-state index is 15.6. The van der Waals surface area contributed by atoms with Crippen LogP contribution in [0.5, 0.6) is 0 Å². The molecule has 0 saturated carbocycles.